The number of carbonyl (C=O) groups excluding carboxylic acids is 1. The molecule has 2 aliphatic rings. The van der Waals surface area contributed by atoms with Crippen LogP contribution in [-0.4, -0.2) is 116 Å². The van der Waals surface area contributed by atoms with Crippen LogP contribution in [0.15, 0.2) is 30.3 Å². The summed E-state index contributed by atoms with van der Waals surface area (Å²) in [6, 6.07) is 10.4. The second kappa shape index (κ2) is 11.0. The van der Waals surface area contributed by atoms with E-state index in [0.717, 1.165) is 45.8 Å². The van der Waals surface area contributed by atoms with Gasteiger partial charge in [-0.25, -0.2) is 0 Å². The molecule has 1 amide bonds. The van der Waals surface area contributed by atoms with Gasteiger partial charge in [0.25, 0.3) is 0 Å². The number of benzene rings is 1. The highest BCUT2D eigenvalue weighted by molar-refractivity contribution is 5.76. The second-order valence-corrected chi connectivity index (χ2v) is 8.45. The van der Waals surface area contributed by atoms with Crippen molar-refractivity contribution in [2.45, 2.75) is 25.2 Å². The predicted molar refractivity (Wildman–Crippen MR) is 114 cm³/mol. The van der Waals surface area contributed by atoms with Gasteiger partial charge in [-0.15, -0.1) is 0 Å². The Kier molecular flexibility index (Phi) is 8.44. The van der Waals surface area contributed by atoms with E-state index in [9.17, 15) is 9.90 Å². The molecule has 0 radical (unpaired) electrons. The Balaban J connectivity index is 1.39. The molecule has 2 aliphatic heterocycles. The maximum absolute atomic E-state index is 12.6. The summed E-state index contributed by atoms with van der Waals surface area (Å²) in [5.41, 5.74) is 1.28. The molecule has 0 aromatic heterocycles. The molecule has 0 aliphatic carbocycles. The average Bonchev–Trinajstić information content (AvgIpc) is 2.70. The number of morpholine rings is 1. The number of β-amino-alcohol motifs (C(OH)–C–C–N with tert-alkyl or cyclic N) is 1. The topological polar surface area (TPSA) is 59.5 Å². The zero-order valence-corrected chi connectivity index (χ0v) is 17.9. The van der Waals surface area contributed by atoms with Crippen molar-refractivity contribution in [3.8, 4) is 0 Å². The lowest BCUT2D eigenvalue weighted by Crippen LogP contribution is -2.49. The molecule has 0 unspecified atom stereocenters. The minimum absolute atomic E-state index is 0.0361. The van der Waals surface area contributed by atoms with Crippen molar-refractivity contribution in [3.63, 3.8) is 0 Å². The summed E-state index contributed by atoms with van der Waals surface area (Å²) in [6.45, 7) is 8.17. The average molecular weight is 405 g/mol. The number of rotatable bonds is 8. The van der Waals surface area contributed by atoms with Crippen LogP contribution in [0.5, 0.6) is 0 Å². The first kappa shape index (κ1) is 22.2. The van der Waals surface area contributed by atoms with Crippen molar-refractivity contribution in [1.29, 1.82) is 0 Å². The molecule has 1 aromatic carbocycles. The van der Waals surface area contributed by atoms with Crippen molar-refractivity contribution in [2.75, 3.05) is 73.1 Å². The summed E-state index contributed by atoms with van der Waals surface area (Å²) in [6.07, 6.45) is -0.241. The van der Waals surface area contributed by atoms with Gasteiger partial charge in [0.2, 0.25) is 5.91 Å². The molecule has 1 aromatic rings. The lowest BCUT2D eigenvalue weighted by Gasteiger charge is -2.35. The fraction of sp³-hybridized carbons (Fsp3) is 0.682. The summed E-state index contributed by atoms with van der Waals surface area (Å²) in [7, 11) is 3.90. The number of nitrogens with zero attached hydrogens (tertiary/aromatic N) is 4. The Morgan fingerprint density at radius 3 is 2.62 bits per heavy atom. The Morgan fingerprint density at radius 2 is 1.90 bits per heavy atom. The highest BCUT2D eigenvalue weighted by Gasteiger charge is 2.25. The molecule has 7 heteroatoms. The summed E-state index contributed by atoms with van der Waals surface area (Å²) >= 11 is 0. The lowest BCUT2D eigenvalue weighted by molar-refractivity contribution is -0.136. The van der Waals surface area contributed by atoms with Crippen molar-refractivity contribution in [3.05, 3.63) is 35.9 Å². The number of likely N-dealkylation sites (N-methyl/N-ethyl adjacent to an activating group) is 2. The Hall–Kier alpha value is -1.51. The van der Waals surface area contributed by atoms with Crippen molar-refractivity contribution >= 4 is 5.91 Å². The van der Waals surface area contributed by atoms with Gasteiger partial charge in [0.15, 0.2) is 0 Å². The van der Waals surface area contributed by atoms with Gasteiger partial charge in [-0.05, 0) is 12.6 Å². The van der Waals surface area contributed by atoms with Gasteiger partial charge in [0.05, 0.1) is 25.2 Å². The molecule has 7 nitrogen and oxygen atoms in total. The predicted octanol–water partition coefficient (Wildman–Crippen LogP) is 0.344. The van der Waals surface area contributed by atoms with Gasteiger partial charge in [-0.1, -0.05) is 30.3 Å². The number of hydrogen-bond acceptors (Lipinski definition) is 6. The van der Waals surface area contributed by atoms with Crippen molar-refractivity contribution < 1.29 is 14.6 Å². The molecule has 2 heterocycles. The number of amides is 1. The van der Waals surface area contributed by atoms with E-state index in [2.05, 4.69) is 46.0 Å². The van der Waals surface area contributed by atoms with Crippen LogP contribution >= 0.6 is 0 Å². The molecule has 29 heavy (non-hydrogen) atoms. The first-order valence-corrected chi connectivity index (χ1v) is 10.7. The Bertz CT molecular complexity index is 622. The van der Waals surface area contributed by atoms with E-state index in [1.807, 2.05) is 6.07 Å². The van der Waals surface area contributed by atoms with Crippen LogP contribution in [0.1, 0.15) is 12.0 Å². The number of aliphatic hydroxyl groups is 1. The smallest absolute Gasteiger partial charge is 0.225 e. The van der Waals surface area contributed by atoms with Crippen molar-refractivity contribution in [1.82, 2.24) is 19.6 Å². The summed E-state index contributed by atoms with van der Waals surface area (Å²) in [5, 5.41) is 10.4. The van der Waals surface area contributed by atoms with E-state index in [4.69, 9.17) is 4.74 Å². The molecule has 162 valence electrons. The Labute approximate surface area is 174 Å². The van der Waals surface area contributed by atoms with Crippen LogP contribution in [0.2, 0.25) is 0 Å². The van der Waals surface area contributed by atoms with Crippen LogP contribution in [0, 0.1) is 0 Å². The van der Waals surface area contributed by atoms with E-state index in [-0.39, 0.29) is 12.0 Å². The summed E-state index contributed by atoms with van der Waals surface area (Å²) in [5.74, 6) is 0.0361. The van der Waals surface area contributed by atoms with Crippen LogP contribution in [0.25, 0.3) is 0 Å². The SMILES string of the molecule is CN1CCN(C[C@@H](O)CN(C)C(=O)C[C@H]2CN(Cc3ccccc3)CCO2)CC1. The standard InChI is InChI=1S/C22H36N4O3/c1-23-8-10-25(11-9-23)17-20(27)16-24(2)22(28)14-21-18-26(12-13-29-21)15-19-6-4-3-5-7-19/h3-7,20-21,27H,8-18H2,1-2H3/t20-,21-/m0/s1. The quantitative estimate of drug-likeness (QED) is 0.675. The van der Waals surface area contributed by atoms with E-state index >= 15 is 0 Å². The third-order valence-electron chi connectivity index (χ3n) is 5.85. The zero-order valence-electron chi connectivity index (χ0n) is 17.9. The number of carbonyl (C=O) groups is 1. The van der Waals surface area contributed by atoms with Crippen LogP contribution in [0.4, 0.5) is 0 Å². The molecular weight excluding hydrogens is 368 g/mol. The van der Waals surface area contributed by atoms with Gasteiger partial charge in [0, 0.05) is 66.0 Å². The summed E-state index contributed by atoms with van der Waals surface area (Å²) in [4.78, 5) is 21.2. The number of ether oxygens (including phenoxy) is 1. The van der Waals surface area contributed by atoms with E-state index in [1.165, 1.54) is 5.56 Å². The second-order valence-electron chi connectivity index (χ2n) is 8.45. The van der Waals surface area contributed by atoms with Crippen LogP contribution < -0.4 is 0 Å². The monoisotopic (exact) mass is 404 g/mol. The summed E-state index contributed by atoms with van der Waals surface area (Å²) < 4.78 is 5.84. The van der Waals surface area contributed by atoms with Gasteiger partial charge in [0.1, 0.15) is 0 Å². The maximum Gasteiger partial charge on any atom is 0.225 e. The van der Waals surface area contributed by atoms with E-state index in [0.29, 0.717) is 26.1 Å². The molecule has 3 rings (SSSR count). The first-order chi connectivity index (χ1) is 14.0. The van der Waals surface area contributed by atoms with Gasteiger partial charge < -0.3 is 19.6 Å². The number of aliphatic hydroxyl groups excluding tert-OH is 1. The minimum atomic E-state index is -0.519. The lowest BCUT2D eigenvalue weighted by atomic mass is 10.1. The maximum atomic E-state index is 12.6. The highest BCUT2D eigenvalue weighted by Crippen LogP contribution is 2.14. The molecule has 2 saturated heterocycles. The van der Waals surface area contributed by atoms with E-state index in [1.54, 1.807) is 11.9 Å². The molecule has 1 N–H and O–H groups in total. The van der Waals surface area contributed by atoms with Crippen LogP contribution in [-0.2, 0) is 16.1 Å². The molecular formula is C22H36N4O3. The fourth-order valence-corrected chi connectivity index (χ4v) is 4.04. The minimum Gasteiger partial charge on any atom is -0.390 e. The van der Waals surface area contributed by atoms with Crippen molar-refractivity contribution in [2.24, 2.45) is 0 Å². The first-order valence-electron chi connectivity index (χ1n) is 10.7. The molecule has 0 bridgehead atoms. The zero-order chi connectivity index (χ0) is 20.6. The van der Waals surface area contributed by atoms with E-state index < -0.39 is 6.10 Å². The molecule has 2 atom stereocenters. The normalized spacial score (nSPS) is 23.1. The van der Waals surface area contributed by atoms with Crippen LogP contribution in [0.3, 0.4) is 0 Å². The molecule has 2 fully saturated rings. The molecule has 0 saturated carbocycles. The van der Waals surface area contributed by atoms with Gasteiger partial charge >= 0.3 is 0 Å². The third kappa shape index (κ3) is 7.35. The highest BCUT2D eigenvalue weighted by atomic mass is 16.5. The molecule has 0 spiro atoms. The number of piperazine rings is 1. The Morgan fingerprint density at radius 1 is 1.17 bits per heavy atom. The largest absolute Gasteiger partial charge is 0.390 e. The van der Waals surface area contributed by atoms with Gasteiger partial charge in [-0.2, -0.15) is 0 Å². The van der Waals surface area contributed by atoms with Gasteiger partial charge in [-0.3, -0.25) is 14.6 Å². The fourth-order valence-electron chi connectivity index (χ4n) is 4.04. The third-order valence-corrected chi connectivity index (χ3v) is 5.85. The number of hydrogen-bond donors (Lipinski definition) is 1.